The maximum atomic E-state index is 5.71. The second-order valence-corrected chi connectivity index (χ2v) is 3.35. The topological polar surface area (TPSA) is 31.0 Å². The molecule has 1 heterocycles. The third kappa shape index (κ3) is 1.99. The van der Waals surface area contributed by atoms with Crippen LogP contribution < -0.4 is 9.47 Å². The third-order valence-electron chi connectivity index (χ3n) is 2.26. The first kappa shape index (κ1) is 9.34. The fourth-order valence-electron chi connectivity index (χ4n) is 1.32. The Bertz CT molecular complexity index is 307. The molecule has 1 aromatic rings. The zero-order valence-electron chi connectivity index (χ0n) is 8.40. The van der Waals surface area contributed by atoms with E-state index in [1.165, 1.54) is 0 Å². The second kappa shape index (κ2) is 3.88. The van der Waals surface area contributed by atoms with Crippen molar-refractivity contribution in [1.29, 1.82) is 0 Å². The van der Waals surface area contributed by atoms with Gasteiger partial charge in [-0.15, -0.1) is 0 Å². The average Bonchev–Trinajstić information content (AvgIpc) is 3.02. The van der Waals surface area contributed by atoms with E-state index in [2.05, 4.69) is 0 Å². The summed E-state index contributed by atoms with van der Waals surface area (Å²) >= 11 is 0. The number of epoxide rings is 1. The fourth-order valence-corrected chi connectivity index (χ4v) is 1.32. The highest BCUT2D eigenvalue weighted by molar-refractivity contribution is 5.39. The van der Waals surface area contributed by atoms with Crippen LogP contribution in [-0.4, -0.2) is 25.9 Å². The number of methoxy groups -OCH3 is 1. The van der Waals surface area contributed by atoms with Gasteiger partial charge in [-0.05, 0) is 19.1 Å². The molecule has 0 N–H and O–H groups in total. The molecule has 0 amide bonds. The summed E-state index contributed by atoms with van der Waals surface area (Å²) in [4.78, 5) is 0. The van der Waals surface area contributed by atoms with Crippen molar-refractivity contribution in [3.8, 4) is 11.5 Å². The lowest BCUT2D eigenvalue weighted by Gasteiger charge is -2.14. The van der Waals surface area contributed by atoms with Crippen LogP contribution in [0, 0.1) is 0 Å². The summed E-state index contributed by atoms with van der Waals surface area (Å²) in [5, 5.41) is 0. The summed E-state index contributed by atoms with van der Waals surface area (Å²) in [5.41, 5.74) is 0. The quantitative estimate of drug-likeness (QED) is 0.685. The molecule has 1 aromatic carbocycles. The van der Waals surface area contributed by atoms with Crippen molar-refractivity contribution in [2.24, 2.45) is 0 Å². The average molecular weight is 194 g/mol. The van der Waals surface area contributed by atoms with Gasteiger partial charge < -0.3 is 14.2 Å². The molecule has 3 nitrogen and oxygen atoms in total. The third-order valence-corrected chi connectivity index (χ3v) is 2.26. The van der Waals surface area contributed by atoms with Crippen molar-refractivity contribution in [2.75, 3.05) is 13.7 Å². The van der Waals surface area contributed by atoms with E-state index in [1.807, 2.05) is 31.2 Å². The van der Waals surface area contributed by atoms with E-state index in [9.17, 15) is 0 Å². The summed E-state index contributed by atoms with van der Waals surface area (Å²) in [6.07, 6.45) is 0.339. The summed E-state index contributed by atoms with van der Waals surface area (Å²) in [6.45, 7) is 2.81. The molecule has 1 aliphatic heterocycles. The van der Waals surface area contributed by atoms with Crippen LogP contribution in [0.3, 0.4) is 0 Å². The number of rotatable bonds is 4. The first-order valence-electron chi connectivity index (χ1n) is 4.72. The molecule has 3 heteroatoms. The van der Waals surface area contributed by atoms with Crippen LogP contribution in [0.1, 0.15) is 6.92 Å². The van der Waals surface area contributed by atoms with Crippen LogP contribution in [0.15, 0.2) is 24.3 Å². The Balaban J connectivity index is 2.06. The van der Waals surface area contributed by atoms with Gasteiger partial charge in [0.1, 0.15) is 12.2 Å². The van der Waals surface area contributed by atoms with Gasteiger partial charge >= 0.3 is 0 Å². The lowest BCUT2D eigenvalue weighted by Crippen LogP contribution is -2.18. The molecule has 1 fully saturated rings. The molecule has 1 aliphatic rings. The fraction of sp³-hybridized carbons (Fsp3) is 0.455. The van der Waals surface area contributed by atoms with E-state index in [-0.39, 0.29) is 12.2 Å². The van der Waals surface area contributed by atoms with Gasteiger partial charge in [-0.3, -0.25) is 0 Å². The number of hydrogen-bond acceptors (Lipinski definition) is 3. The lowest BCUT2D eigenvalue weighted by atomic mass is 10.3. The van der Waals surface area contributed by atoms with E-state index in [4.69, 9.17) is 14.2 Å². The maximum absolute atomic E-state index is 5.71. The van der Waals surface area contributed by atoms with E-state index in [0.29, 0.717) is 0 Å². The molecule has 2 atom stereocenters. The number of ether oxygens (including phenoxy) is 3. The Hall–Kier alpha value is -1.22. The van der Waals surface area contributed by atoms with Gasteiger partial charge in [-0.1, -0.05) is 12.1 Å². The van der Waals surface area contributed by atoms with Gasteiger partial charge in [-0.2, -0.15) is 0 Å². The molecule has 0 bridgehead atoms. The van der Waals surface area contributed by atoms with Gasteiger partial charge in [0.15, 0.2) is 11.5 Å². The molecule has 0 radical (unpaired) electrons. The standard InChI is InChI=1S/C11H14O3/c1-8(11-7-13-11)14-10-6-4-3-5-9(10)12-2/h3-6,8,11H,7H2,1-2H3/t8-,11-/m0/s1. The van der Waals surface area contributed by atoms with Crippen LogP contribution in [0.25, 0.3) is 0 Å². The van der Waals surface area contributed by atoms with Crippen LogP contribution >= 0.6 is 0 Å². The second-order valence-electron chi connectivity index (χ2n) is 3.35. The Kier molecular flexibility index (Phi) is 2.59. The highest BCUT2D eigenvalue weighted by atomic mass is 16.6. The summed E-state index contributed by atoms with van der Waals surface area (Å²) in [7, 11) is 1.64. The SMILES string of the molecule is COc1ccccc1O[C@@H](C)[C@@H]1CO1. The molecular weight excluding hydrogens is 180 g/mol. The molecule has 0 saturated carbocycles. The van der Waals surface area contributed by atoms with Gasteiger partial charge in [0.2, 0.25) is 0 Å². The van der Waals surface area contributed by atoms with Gasteiger partial charge in [-0.25, -0.2) is 0 Å². The summed E-state index contributed by atoms with van der Waals surface area (Å²) in [5.74, 6) is 1.54. The zero-order valence-corrected chi connectivity index (χ0v) is 8.40. The van der Waals surface area contributed by atoms with E-state index < -0.39 is 0 Å². The van der Waals surface area contributed by atoms with Crippen molar-refractivity contribution < 1.29 is 14.2 Å². The molecule has 2 rings (SSSR count). The van der Waals surface area contributed by atoms with Gasteiger partial charge in [0.25, 0.3) is 0 Å². The Morgan fingerprint density at radius 3 is 2.57 bits per heavy atom. The van der Waals surface area contributed by atoms with Gasteiger partial charge in [0.05, 0.1) is 13.7 Å². The first-order chi connectivity index (χ1) is 6.81. The van der Waals surface area contributed by atoms with Crippen molar-refractivity contribution in [1.82, 2.24) is 0 Å². The minimum atomic E-state index is 0.0892. The Morgan fingerprint density at radius 2 is 2.00 bits per heavy atom. The molecule has 0 unspecified atom stereocenters. The highest BCUT2D eigenvalue weighted by Gasteiger charge is 2.31. The number of para-hydroxylation sites is 2. The maximum Gasteiger partial charge on any atom is 0.161 e. The first-order valence-corrected chi connectivity index (χ1v) is 4.72. The van der Waals surface area contributed by atoms with E-state index >= 15 is 0 Å². The normalized spacial score (nSPS) is 21.4. The van der Waals surface area contributed by atoms with Crippen LogP contribution in [0.2, 0.25) is 0 Å². The van der Waals surface area contributed by atoms with E-state index in [1.54, 1.807) is 7.11 Å². The number of benzene rings is 1. The van der Waals surface area contributed by atoms with Crippen molar-refractivity contribution in [2.45, 2.75) is 19.1 Å². The number of hydrogen-bond donors (Lipinski definition) is 0. The molecule has 76 valence electrons. The molecular formula is C11H14O3. The largest absolute Gasteiger partial charge is 0.493 e. The highest BCUT2D eigenvalue weighted by Crippen LogP contribution is 2.29. The summed E-state index contributed by atoms with van der Waals surface area (Å²) in [6, 6.07) is 7.63. The summed E-state index contributed by atoms with van der Waals surface area (Å²) < 4.78 is 16.0. The minimum absolute atomic E-state index is 0.0892. The predicted molar refractivity (Wildman–Crippen MR) is 52.8 cm³/mol. The smallest absolute Gasteiger partial charge is 0.161 e. The molecule has 0 spiro atoms. The van der Waals surface area contributed by atoms with Crippen molar-refractivity contribution in [3.05, 3.63) is 24.3 Å². The Labute approximate surface area is 83.6 Å². The van der Waals surface area contributed by atoms with Gasteiger partial charge in [0, 0.05) is 0 Å². The van der Waals surface area contributed by atoms with Crippen LogP contribution in [0.4, 0.5) is 0 Å². The minimum Gasteiger partial charge on any atom is -0.493 e. The van der Waals surface area contributed by atoms with Crippen LogP contribution in [0.5, 0.6) is 11.5 Å². The van der Waals surface area contributed by atoms with Crippen molar-refractivity contribution >= 4 is 0 Å². The lowest BCUT2D eigenvalue weighted by molar-refractivity contribution is 0.170. The molecule has 1 saturated heterocycles. The zero-order chi connectivity index (χ0) is 9.97. The molecule has 0 aliphatic carbocycles. The van der Waals surface area contributed by atoms with Crippen molar-refractivity contribution in [3.63, 3.8) is 0 Å². The van der Waals surface area contributed by atoms with Crippen LogP contribution in [-0.2, 0) is 4.74 Å². The predicted octanol–water partition coefficient (Wildman–Crippen LogP) is 1.86. The molecule has 0 aromatic heterocycles. The van der Waals surface area contributed by atoms with E-state index in [0.717, 1.165) is 18.1 Å². The molecule has 14 heavy (non-hydrogen) atoms. The Morgan fingerprint density at radius 1 is 1.36 bits per heavy atom. The monoisotopic (exact) mass is 194 g/mol.